The lowest BCUT2D eigenvalue weighted by Crippen LogP contribution is -2.50. The van der Waals surface area contributed by atoms with Crippen LogP contribution in [0.3, 0.4) is 0 Å². The third kappa shape index (κ3) is 10.3. The van der Waals surface area contributed by atoms with Crippen LogP contribution in [0.4, 0.5) is 0 Å². The second-order valence-corrected chi connectivity index (χ2v) is 10.9. The normalized spacial score (nSPS) is 12.7. The molecule has 0 radical (unpaired) electrons. The van der Waals surface area contributed by atoms with Gasteiger partial charge in [-0.3, -0.25) is 4.79 Å². The Bertz CT molecular complexity index is 906. The molecule has 0 aliphatic rings. The minimum Gasteiger partial charge on any atom is -0.464 e. The van der Waals surface area contributed by atoms with Gasteiger partial charge >= 0.3 is 5.97 Å². The van der Waals surface area contributed by atoms with Crippen molar-refractivity contribution in [3.8, 4) is 0 Å². The molecular weight excluding hydrogens is 535 g/mol. The van der Waals surface area contributed by atoms with Crippen LogP contribution < -0.4 is 11.1 Å². The Labute approximate surface area is 224 Å². The van der Waals surface area contributed by atoms with E-state index in [1.807, 2.05) is 24.3 Å². The number of amides is 1. The van der Waals surface area contributed by atoms with Crippen LogP contribution in [0.5, 0.6) is 0 Å². The van der Waals surface area contributed by atoms with Crippen molar-refractivity contribution in [2.45, 2.75) is 41.6 Å². The molecule has 0 spiro atoms. The first-order valence-electron chi connectivity index (χ1n) is 10.8. The number of halogens is 3. The van der Waals surface area contributed by atoms with Crippen LogP contribution in [0, 0.1) is 0 Å². The van der Waals surface area contributed by atoms with Crippen LogP contribution in [0.25, 0.3) is 0 Å². The summed E-state index contributed by atoms with van der Waals surface area (Å²) in [5.41, 5.74) is 8.03. The van der Waals surface area contributed by atoms with E-state index < -0.39 is 24.0 Å². The minimum absolute atomic E-state index is 0.216. The van der Waals surface area contributed by atoms with E-state index in [9.17, 15) is 9.59 Å². The predicted molar refractivity (Wildman–Crippen MR) is 145 cm³/mol. The monoisotopic (exact) mass is 562 g/mol. The Kier molecular flexibility index (Phi) is 13.6. The number of hydrogen-bond donors (Lipinski definition) is 2. The predicted octanol–water partition coefficient (Wildman–Crippen LogP) is 5.16. The maximum Gasteiger partial charge on any atom is 0.328 e. The molecule has 0 saturated carbocycles. The Balaban J connectivity index is 2.11. The lowest BCUT2D eigenvalue weighted by molar-refractivity contribution is -0.147. The van der Waals surface area contributed by atoms with Crippen LogP contribution in [-0.2, 0) is 27.2 Å². The third-order valence-electron chi connectivity index (χ3n) is 4.66. The largest absolute Gasteiger partial charge is 0.464 e. The highest BCUT2D eigenvalue weighted by Crippen LogP contribution is 2.28. The van der Waals surface area contributed by atoms with E-state index in [1.165, 1.54) is 0 Å². The van der Waals surface area contributed by atoms with Crippen LogP contribution >= 0.6 is 58.3 Å². The molecule has 0 saturated heterocycles. The Morgan fingerprint density at radius 2 is 1.56 bits per heavy atom. The highest BCUT2D eigenvalue weighted by atomic mass is 35.5. The van der Waals surface area contributed by atoms with E-state index in [0.717, 1.165) is 32.4 Å². The zero-order chi connectivity index (χ0) is 24.9. The number of benzene rings is 2. The summed E-state index contributed by atoms with van der Waals surface area (Å²) in [5, 5.41) is 3.36. The quantitative estimate of drug-likeness (QED) is 0.188. The SMILES string of the molecule is CCOC(=O)[C@H](Cc1ccc(Cl)cc1)NC(=O)[C@@H](N)Cc1cc(SCCCl)cc(SCCCl)c1. The van der Waals surface area contributed by atoms with Gasteiger partial charge in [0, 0.05) is 44.5 Å². The van der Waals surface area contributed by atoms with Gasteiger partial charge in [0.25, 0.3) is 0 Å². The molecule has 34 heavy (non-hydrogen) atoms. The van der Waals surface area contributed by atoms with Crippen molar-refractivity contribution in [1.29, 1.82) is 0 Å². The van der Waals surface area contributed by atoms with Gasteiger partial charge in [0.05, 0.1) is 12.6 Å². The smallest absolute Gasteiger partial charge is 0.328 e. The number of nitrogens with one attached hydrogen (secondary N) is 1. The van der Waals surface area contributed by atoms with Gasteiger partial charge in [-0.25, -0.2) is 4.79 Å². The molecule has 0 aliphatic heterocycles. The molecule has 0 heterocycles. The molecule has 5 nitrogen and oxygen atoms in total. The number of hydrogen-bond acceptors (Lipinski definition) is 6. The number of thioether (sulfide) groups is 2. The molecule has 2 atom stereocenters. The van der Waals surface area contributed by atoms with Gasteiger partial charge in [0.2, 0.25) is 5.91 Å². The molecule has 0 unspecified atom stereocenters. The number of carbonyl (C=O) groups is 2. The molecule has 0 fully saturated rings. The summed E-state index contributed by atoms with van der Waals surface area (Å²) < 4.78 is 5.16. The van der Waals surface area contributed by atoms with E-state index in [4.69, 9.17) is 45.3 Å². The maximum absolute atomic E-state index is 12.9. The van der Waals surface area contributed by atoms with Gasteiger partial charge in [0.1, 0.15) is 6.04 Å². The van der Waals surface area contributed by atoms with Gasteiger partial charge in [-0.15, -0.1) is 46.7 Å². The Morgan fingerprint density at radius 3 is 2.09 bits per heavy atom. The van der Waals surface area contributed by atoms with Crippen LogP contribution in [0.2, 0.25) is 5.02 Å². The zero-order valence-corrected chi connectivity index (χ0v) is 22.8. The molecule has 2 aromatic carbocycles. The second-order valence-electron chi connectivity index (χ2n) is 7.34. The fraction of sp³-hybridized carbons (Fsp3) is 0.417. The van der Waals surface area contributed by atoms with E-state index in [-0.39, 0.29) is 13.0 Å². The number of carbonyl (C=O) groups excluding carboxylic acids is 2. The highest BCUT2D eigenvalue weighted by molar-refractivity contribution is 8.00. The van der Waals surface area contributed by atoms with Crippen molar-refractivity contribution in [2.24, 2.45) is 5.73 Å². The molecule has 3 N–H and O–H groups in total. The van der Waals surface area contributed by atoms with Crippen molar-refractivity contribution in [1.82, 2.24) is 5.32 Å². The maximum atomic E-state index is 12.9. The number of nitrogens with two attached hydrogens (primary N) is 1. The van der Waals surface area contributed by atoms with Crippen molar-refractivity contribution in [3.05, 3.63) is 58.6 Å². The van der Waals surface area contributed by atoms with E-state index >= 15 is 0 Å². The fourth-order valence-electron chi connectivity index (χ4n) is 3.15. The van der Waals surface area contributed by atoms with Crippen LogP contribution in [0.1, 0.15) is 18.1 Å². The number of rotatable bonds is 14. The Hall–Kier alpha value is -1.09. The molecule has 10 heteroatoms. The van der Waals surface area contributed by atoms with Gasteiger partial charge in [-0.2, -0.15) is 0 Å². The molecule has 186 valence electrons. The van der Waals surface area contributed by atoms with Gasteiger partial charge < -0.3 is 15.8 Å². The molecule has 0 aliphatic carbocycles. The van der Waals surface area contributed by atoms with E-state index in [0.29, 0.717) is 23.2 Å². The van der Waals surface area contributed by atoms with Gasteiger partial charge in [-0.1, -0.05) is 23.7 Å². The van der Waals surface area contributed by atoms with E-state index in [2.05, 4.69) is 11.4 Å². The first kappa shape index (κ1) is 29.1. The number of alkyl halides is 2. The van der Waals surface area contributed by atoms with Crippen LogP contribution in [-0.4, -0.2) is 53.8 Å². The summed E-state index contributed by atoms with van der Waals surface area (Å²) in [7, 11) is 0. The minimum atomic E-state index is -0.847. The lowest BCUT2D eigenvalue weighted by atomic mass is 10.0. The topological polar surface area (TPSA) is 81.4 Å². The average molecular weight is 564 g/mol. The molecule has 2 aromatic rings. The van der Waals surface area contributed by atoms with E-state index in [1.54, 1.807) is 42.6 Å². The van der Waals surface area contributed by atoms with Crippen molar-refractivity contribution < 1.29 is 14.3 Å². The average Bonchev–Trinajstić information content (AvgIpc) is 2.82. The zero-order valence-electron chi connectivity index (χ0n) is 18.9. The van der Waals surface area contributed by atoms with Crippen molar-refractivity contribution in [2.75, 3.05) is 29.9 Å². The summed E-state index contributed by atoms with van der Waals surface area (Å²) in [6.45, 7) is 1.94. The molecular formula is C24H29Cl3N2O3S2. The molecule has 0 aromatic heterocycles. The van der Waals surface area contributed by atoms with Crippen molar-refractivity contribution in [3.63, 3.8) is 0 Å². The number of esters is 1. The highest BCUT2D eigenvalue weighted by Gasteiger charge is 2.25. The molecule has 2 rings (SSSR count). The summed E-state index contributed by atoms with van der Waals surface area (Å²) in [4.78, 5) is 27.5. The molecule has 0 bridgehead atoms. The standard InChI is InChI=1S/C24H29Cl3N2O3S2/c1-2-32-24(31)22(14-16-3-5-18(27)6-4-16)29-23(30)21(28)13-17-11-19(33-9-7-25)15-20(12-17)34-10-8-26/h3-6,11-12,15,21-22H,2,7-10,13-14,28H2,1H3,(H,29,30)/t21-,22-/m0/s1. The summed E-state index contributed by atoms with van der Waals surface area (Å²) in [6.07, 6.45) is 0.601. The summed E-state index contributed by atoms with van der Waals surface area (Å²) in [6, 6.07) is 11.5. The molecule has 1 amide bonds. The van der Waals surface area contributed by atoms with Gasteiger partial charge in [-0.05, 0) is 54.8 Å². The van der Waals surface area contributed by atoms with Crippen molar-refractivity contribution >= 4 is 70.2 Å². The first-order chi connectivity index (χ1) is 16.4. The third-order valence-corrected chi connectivity index (χ3v) is 7.70. The first-order valence-corrected chi connectivity index (χ1v) is 14.3. The number of ether oxygens (including phenoxy) is 1. The summed E-state index contributed by atoms with van der Waals surface area (Å²) in [5.74, 6) is 1.73. The lowest BCUT2D eigenvalue weighted by Gasteiger charge is -2.20. The van der Waals surface area contributed by atoms with Gasteiger partial charge in [0.15, 0.2) is 0 Å². The summed E-state index contributed by atoms with van der Waals surface area (Å²) >= 11 is 20.9. The second kappa shape index (κ2) is 15.8. The Morgan fingerprint density at radius 1 is 0.971 bits per heavy atom. The van der Waals surface area contributed by atoms with Crippen LogP contribution in [0.15, 0.2) is 52.3 Å². The fourth-order valence-corrected chi connectivity index (χ4v) is 5.32.